The van der Waals surface area contributed by atoms with Crippen molar-refractivity contribution >= 4 is 5.97 Å². The van der Waals surface area contributed by atoms with Crippen LogP contribution in [0.4, 0.5) is 0 Å². The Morgan fingerprint density at radius 2 is 2.10 bits per heavy atom. The molecule has 0 aromatic rings. The molecule has 0 heterocycles. The molecular formula is C6H6N2O2. The Hall–Kier alpha value is -1.55. The van der Waals surface area contributed by atoms with Gasteiger partial charge < -0.3 is 4.74 Å². The van der Waals surface area contributed by atoms with Crippen LogP contribution in [0.2, 0.25) is 0 Å². The molecule has 0 spiro atoms. The van der Waals surface area contributed by atoms with Crippen LogP contribution in [-0.2, 0) is 9.53 Å². The number of hydrogen-bond acceptors (Lipinski definition) is 4. The van der Waals surface area contributed by atoms with Crippen molar-refractivity contribution < 1.29 is 9.53 Å². The number of nitriles is 2. The quantitative estimate of drug-likeness (QED) is 0.511. The Kier molecular flexibility index (Phi) is 3.67. The molecule has 0 aromatic heterocycles. The summed E-state index contributed by atoms with van der Waals surface area (Å²) in [5.74, 6) is -1.42. The minimum Gasteiger partial charge on any atom is -0.469 e. The van der Waals surface area contributed by atoms with Crippen LogP contribution in [0.3, 0.4) is 0 Å². The Morgan fingerprint density at radius 1 is 1.60 bits per heavy atom. The van der Waals surface area contributed by atoms with Crippen LogP contribution >= 0.6 is 0 Å². The molecule has 0 amide bonds. The van der Waals surface area contributed by atoms with Crippen molar-refractivity contribution in [3.8, 4) is 12.1 Å². The van der Waals surface area contributed by atoms with Crippen LogP contribution in [0.1, 0.15) is 6.42 Å². The fourth-order valence-electron chi connectivity index (χ4n) is 0.370. The van der Waals surface area contributed by atoms with Crippen LogP contribution in [0, 0.1) is 28.6 Å². The highest BCUT2D eigenvalue weighted by Crippen LogP contribution is 1.99. The maximum absolute atomic E-state index is 10.4. The summed E-state index contributed by atoms with van der Waals surface area (Å²) in [4.78, 5) is 10.4. The summed E-state index contributed by atoms with van der Waals surface area (Å²) in [6, 6.07) is 3.31. The number of hydrogen-bond donors (Lipinski definition) is 0. The number of rotatable bonds is 2. The monoisotopic (exact) mass is 138 g/mol. The molecule has 4 nitrogen and oxygen atoms in total. The van der Waals surface area contributed by atoms with E-state index in [1.807, 2.05) is 0 Å². The lowest BCUT2D eigenvalue weighted by atomic mass is 10.1. The van der Waals surface area contributed by atoms with Crippen LogP contribution in [0.15, 0.2) is 0 Å². The maximum atomic E-state index is 10.4. The first-order valence-electron chi connectivity index (χ1n) is 2.60. The lowest BCUT2D eigenvalue weighted by molar-refractivity contribution is -0.140. The van der Waals surface area contributed by atoms with Gasteiger partial charge in [0, 0.05) is 0 Å². The molecule has 0 N–H and O–H groups in total. The molecule has 0 rings (SSSR count). The highest BCUT2D eigenvalue weighted by molar-refractivity contribution is 5.70. The summed E-state index contributed by atoms with van der Waals surface area (Å²) in [5, 5.41) is 16.4. The topological polar surface area (TPSA) is 73.9 Å². The summed E-state index contributed by atoms with van der Waals surface area (Å²) in [5.41, 5.74) is 0. The molecule has 0 fully saturated rings. The van der Waals surface area contributed by atoms with Crippen molar-refractivity contribution in [1.82, 2.24) is 0 Å². The van der Waals surface area contributed by atoms with E-state index in [0.717, 1.165) is 0 Å². The molecule has 0 radical (unpaired) electrons. The van der Waals surface area contributed by atoms with Gasteiger partial charge in [-0.1, -0.05) is 0 Å². The molecule has 0 unspecified atom stereocenters. The smallest absolute Gasteiger partial charge is 0.307 e. The van der Waals surface area contributed by atoms with Gasteiger partial charge in [0.15, 0.2) is 0 Å². The summed E-state index contributed by atoms with van der Waals surface area (Å²) >= 11 is 0. The Bertz CT molecular complexity index is 185. The summed E-state index contributed by atoms with van der Waals surface area (Å²) < 4.78 is 4.24. The Morgan fingerprint density at radius 3 is 2.40 bits per heavy atom. The number of esters is 1. The van der Waals surface area contributed by atoms with Crippen LogP contribution in [0.5, 0.6) is 0 Å². The minimum atomic E-state index is -0.882. The normalized spacial score (nSPS) is 8.00. The average Bonchev–Trinajstić information content (AvgIpc) is 1.99. The predicted octanol–water partition coefficient (Wildman–Crippen LogP) is 0.213. The van der Waals surface area contributed by atoms with Gasteiger partial charge in [0.25, 0.3) is 0 Å². The summed E-state index contributed by atoms with van der Waals surface area (Å²) in [6.45, 7) is 0. The minimum absolute atomic E-state index is 0.149. The van der Waals surface area contributed by atoms with Crippen molar-refractivity contribution in [2.45, 2.75) is 6.42 Å². The van der Waals surface area contributed by atoms with Gasteiger partial charge in [-0.25, -0.2) is 0 Å². The molecule has 0 aliphatic rings. The van der Waals surface area contributed by atoms with E-state index in [1.165, 1.54) is 7.11 Å². The zero-order valence-electron chi connectivity index (χ0n) is 5.50. The molecular weight excluding hydrogens is 132 g/mol. The Labute approximate surface area is 58.6 Å². The van der Waals surface area contributed by atoms with Gasteiger partial charge >= 0.3 is 5.97 Å². The predicted molar refractivity (Wildman–Crippen MR) is 31.3 cm³/mol. The lowest BCUT2D eigenvalue weighted by Gasteiger charge is -1.95. The third-order valence-corrected chi connectivity index (χ3v) is 0.910. The molecule has 10 heavy (non-hydrogen) atoms. The number of nitrogens with zero attached hydrogens (tertiary/aromatic N) is 2. The van der Waals surface area contributed by atoms with Crippen molar-refractivity contribution in [2.75, 3.05) is 7.11 Å². The SMILES string of the molecule is COC(=O)CC(C#N)C#N. The van der Waals surface area contributed by atoms with Crippen molar-refractivity contribution in [3.63, 3.8) is 0 Å². The molecule has 4 heteroatoms. The van der Waals surface area contributed by atoms with E-state index in [9.17, 15) is 4.79 Å². The second-order valence-electron chi connectivity index (χ2n) is 1.59. The molecule has 0 aliphatic carbocycles. The third-order valence-electron chi connectivity index (χ3n) is 0.910. The van der Waals surface area contributed by atoms with E-state index >= 15 is 0 Å². The second kappa shape index (κ2) is 4.34. The molecule has 52 valence electrons. The van der Waals surface area contributed by atoms with Gasteiger partial charge in [0.1, 0.15) is 5.92 Å². The zero-order valence-corrected chi connectivity index (χ0v) is 5.50. The standard InChI is InChI=1S/C6H6N2O2/c1-10-6(9)2-5(3-7)4-8/h5H,2H2,1H3. The fraction of sp³-hybridized carbons (Fsp3) is 0.500. The molecule has 0 aromatic carbocycles. The zero-order chi connectivity index (χ0) is 7.98. The van der Waals surface area contributed by atoms with E-state index in [2.05, 4.69) is 4.74 Å². The molecule has 0 atom stereocenters. The maximum Gasteiger partial charge on any atom is 0.307 e. The number of carbonyl (C=O) groups is 1. The first kappa shape index (κ1) is 8.45. The fourth-order valence-corrected chi connectivity index (χ4v) is 0.370. The summed E-state index contributed by atoms with van der Waals surface area (Å²) in [6.07, 6.45) is -0.149. The molecule has 0 bridgehead atoms. The highest BCUT2D eigenvalue weighted by atomic mass is 16.5. The van der Waals surface area contributed by atoms with Crippen molar-refractivity contribution in [2.24, 2.45) is 5.92 Å². The van der Waals surface area contributed by atoms with E-state index in [1.54, 1.807) is 12.1 Å². The van der Waals surface area contributed by atoms with Crippen molar-refractivity contribution in [3.05, 3.63) is 0 Å². The van der Waals surface area contributed by atoms with Gasteiger partial charge in [-0.05, 0) is 0 Å². The van der Waals surface area contributed by atoms with Crippen LogP contribution < -0.4 is 0 Å². The van der Waals surface area contributed by atoms with Crippen LogP contribution in [-0.4, -0.2) is 13.1 Å². The van der Waals surface area contributed by atoms with Gasteiger partial charge in [-0.3, -0.25) is 4.79 Å². The second-order valence-corrected chi connectivity index (χ2v) is 1.59. The Balaban J connectivity index is 3.81. The molecule has 0 saturated heterocycles. The van der Waals surface area contributed by atoms with Gasteiger partial charge in [0.2, 0.25) is 0 Å². The van der Waals surface area contributed by atoms with E-state index in [0.29, 0.717) is 0 Å². The number of ether oxygens (including phenoxy) is 1. The van der Waals surface area contributed by atoms with Gasteiger partial charge in [-0.2, -0.15) is 10.5 Å². The molecule has 0 aliphatic heterocycles. The average molecular weight is 138 g/mol. The third kappa shape index (κ3) is 2.68. The number of carbonyl (C=O) groups excluding carboxylic acids is 1. The summed E-state index contributed by atoms with van der Waals surface area (Å²) in [7, 11) is 1.22. The lowest BCUT2D eigenvalue weighted by Crippen LogP contribution is -2.06. The van der Waals surface area contributed by atoms with E-state index in [4.69, 9.17) is 10.5 Å². The van der Waals surface area contributed by atoms with Gasteiger partial charge in [-0.15, -0.1) is 0 Å². The van der Waals surface area contributed by atoms with Crippen LogP contribution in [0.25, 0.3) is 0 Å². The van der Waals surface area contributed by atoms with E-state index in [-0.39, 0.29) is 6.42 Å². The van der Waals surface area contributed by atoms with Gasteiger partial charge in [0.05, 0.1) is 25.7 Å². The van der Waals surface area contributed by atoms with Crippen molar-refractivity contribution in [1.29, 1.82) is 10.5 Å². The molecule has 0 saturated carbocycles. The first-order chi connectivity index (χ1) is 4.74. The largest absolute Gasteiger partial charge is 0.469 e. The first-order valence-corrected chi connectivity index (χ1v) is 2.60. The highest BCUT2D eigenvalue weighted by Gasteiger charge is 2.11. The number of methoxy groups -OCH3 is 1. The van der Waals surface area contributed by atoms with E-state index < -0.39 is 11.9 Å².